The minimum atomic E-state index is -1.09. The SMILES string of the molecule is NC1NC(=O)N([C@H]2CS[C@@H](CO)O2)C=C1F. The summed E-state index contributed by atoms with van der Waals surface area (Å²) in [6.45, 7) is -0.137. The van der Waals surface area contributed by atoms with E-state index in [4.69, 9.17) is 15.6 Å². The minimum absolute atomic E-state index is 0.137. The fourth-order valence-corrected chi connectivity index (χ4v) is 2.38. The first-order chi connectivity index (χ1) is 7.61. The summed E-state index contributed by atoms with van der Waals surface area (Å²) in [5.41, 5.74) is 4.92. The molecule has 1 saturated heterocycles. The Kier molecular flexibility index (Phi) is 3.33. The van der Waals surface area contributed by atoms with Gasteiger partial charge in [0.15, 0.2) is 5.83 Å². The van der Waals surface area contributed by atoms with Gasteiger partial charge in [0, 0.05) is 12.0 Å². The van der Waals surface area contributed by atoms with Gasteiger partial charge in [-0.3, -0.25) is 4.90 Å². The van der Waals surface area contributed by atoms with Crippen LogP contribution in [0.4, 0.5) is 9.18 Å². The number of hydrogen-bond acceptors (Lipinski definition) is 5. The summed E-state index contributed by atoms with van der Waals surface area (Å²) in [7, 11) is 0. The van der Waals surface area contributed by atoms with E-state index in [2.05, 4.69) is 5.32 Å². The Hall–Kier alpha value is -0.830. The van der Waals surface area contributed by atoms with Crippen LogP contribution < -0.4 is 11.1 Å². The summed E-state index contributed by atoms with van der Waals surface area (Å²) >= 11 is 1.37. The van der Waals surface area contributed by atoms with Crippen LogP contribution in [-0.4, -0.2) is 46.2 Å². The smallest absolute Gasteiger partial charge is 0.325 e. The molecule has 1 fully saturated rings. The van der Waals surface area contributed by atoms with Gasteiger partial charge < -0.3 is 20.9 Å². The van der Waals surface area contributed by atoms with Crippen molar-refractivity contribution < 1.29 is 19.0 Å². The standard InChI is InChI=1S/C8H12FN3O3S/c9-4-1-12(8(14)11-7(4)10)5-3-16-6(2-13)15-5/h1,5-7,13H,2-3,10H2,(H,11,14)/t5-,6+,7?/m1/s1. The van der Waals surface area contributed by atoms with Crippen molar-refractivity contribution in [3.8, 4) is 0 Å². The highest BCUT2D eigenvalue weighted by Crippen LogP contribution is 2.28. The van der Waals surface area contributed by atoms with Crippen LogP contribution in [0, 0.1) is 0 Å². The molecule has 0 saturated carbocycles. The molecule has 6 nitrogen and oxygen atoms in total. The Morgan fingerprint density at radius 1 is 1.81 bits per heavy atom. The summed E-state index contributed by atoms with van der Waals surface area (Å²) in [5, 5.41) is 11.1. The molecule has 16 heavy (non-hydrogen) atoms. The second-order valence-electron chi connectivity index (χ2n) is 3.38. The van der Waals surface area contributed by atoms with E-state index in [9.17, 15) is 9.18 Å². The van der Waals surface area contributed by atoms with E-state index in [1.54, 1.807) is 0 Å². The van der Waals surface area contributed by atoms with Crippen LogP contribution in [0.1, 0.15) is 0 Å². The number of carbonyl (C=O) groups excluding carboxylic acids is 1. The quantitative estimate of drug-likeness (QED) is 0.615. The monoisotopic (exact) mass is 249 g/mol. The molecule has 0 aromatic carbocycles. The van der Waals surface area contributed by atoms with Gasteiger partial charge in [0.1, 0.15) is 17.8 Å². The molecular weight excluding hydrogens is 237 g/mol. The molecule has 8 heteroatoms. The summed E-state index contributed by atoms with van der Waals surface area (Å²) in [5.74, 6) is -0.141. The normalized spacial score (nSPS) is 34.9. The lowest BCUT2D eigenvalue weighted by molar-refractivity contribution is -0.0232. The average Bonchev–Trinajstić information content (AvgIpc) is 2.71. The third-order valence-electron chi connectivity index (χ3n) is 2.27. The van der Waals surface area contributed by atoms with Gasteiger partial charge in [0.25, 0.3) is 0 Å². The van der Waals surface area contributed by atoms with Crippen molar-refractivity contribution in [2.45, 2.75) is 17.8 Å². The highest BCUT2D eigenvalue weighted by atomic mass is 32.2. The number of halogens is 1. The van der Waals surface area contributed by atoms with Crippen molar-refractivity contribution in [2.75, 3.05) is 12.4 Å². The zero-order chi connectivity index (χ0) is 11.7. The van der Waals surface area contributed by atoms with Crippen molar-refractivity contribution in [2.24, 2.45) is 5.73 Å². The second-order valence-corrected chi connectivity index (χ2v) is 4.58. The molecule has 0 spiro atoms. The van der Waals surface area contributed by atoms with Crippen molar-refractivity contribution in [1.29, 1.82) is 0 Å². The summed E-state index contributed by atoms with van der Waals surface area (Å²) in [6.07, 6.45) is -0.624. The van der Waals surface area contributed by atoms with Gasteiger partial charge >= 0.3 is 6.03 Å². The molecule has 4 N–H and O–H groups in total. The predicted molar refractivity (Wildman–Crippen MR) is 55.7 cm³/mol. The van der Waals surface area contributed by atoms with E-state index in [0.29, 0.717) is 5.75 Å². The molecule has 0 radical (unpaired) electrons. The molecule has 3 atom stereocenters. The van der Waals surface area contributed by atoms with Crippen LogP contribution in [0.3, 0.4) is 0 Å². The average molecular weight is 249 g/mol. The fourth-order valence-electron chi connectivity index (χ4n) is 1.45. The Balaban J connectivity index is 2.07. The van der Waals surface area contributed by atoms with Gasteiger partial charge in [-0.2, -0.15) is 0 Å². The number of aliphatic hydroxyl groups excluding tert-OH is 1. The van der Waals surface area contributed by atoms with Crippen LogP contribution in [0.15, 0.2) is 12.0 Å². The number of urea groups is 1. The largest absolute Gasteiger partial charge is 0.393 e. The van der Waals surface area contributed by atoms with Crippen molar-refractivity contribution in [1.82, 2.24) is 10.2 Å². The first-order valence-corrected chi connectivity index (χ1v) is 5.76. The Morgan fingerprint density at radius 3 is 3.19 bits per heavy atom. The highest BCUT2D eigenvalue weighted by molar-refractivity contribution is 8.00. The minimum Gasteiger partial charge on any atom is -0.393 e. The molecule has 0 aromatic rings. The van der Waals surface area contributed by atoms with Gasteiger partial charge in [-0.05, 0) is 0 Å². The molecule has 0 aromatic heterocycles. The molecular formula is C8H12FN3O3S. The lowest BCUT2D eigenvalue weighted by atomic mass is 10.3. The lowest BCUT2D eigenvalue weighted by Crippen LogP contribution is -2.54. The fraction of sp³-hybridized carbons (Fsp3) is 0.625. The zero-order valence-corrected chi connectivity index (χ0v) is 9.11. The Morgan fingerprint density at radius 2 is 2.56 bits per heavy atom. The zero-order valence-electron chi connectivity index (χ0n) is 8.30. The number of hydrogen-bond donors (Lipinski definition) is 3. The van der Waals surface area contributed by atoms with E-state index >= 15 is 0 Å². The molecule has 2 aliphatic rings. The maximum atomic E-state index is 13.2. The van der Waals surface area contributed by atoms with Gasteiger partial charge in [0.05, 0.1) is 6.61 Å². The molecule has 90 valence electrons. The number of amides is 2. The number of carbonyl (C=O) groups is 1. The molecule has 0 bridgehead atoms. The second kappa shape index (κ2) is 4.58. The number of nitrogens with two attached hydrogens (primary N) is 1. The summed E-state index contributed by atoms with van der Waals surface area (Å²) in [6, 6.07) is -0.502. The number of aliphatic hydroxyl groups is 1. The van der Waals surface area contributed by atoms with Crippen LogP contribution in [0.25, 0.3) is 0 Å². The topological polar surface area (TPSA) is 87.8 Å². The molecule has 2 aliphatic heterocycles. The summed E-state index contributed by atoms with van der Waals surface area (Å²) in [4.78, 5) is 12.6. The lowest BCUT2D eigenvalue weighted by Gasteiger charge is -2.30. The first-order valence-electron chi connectivity index (χ1n) is 4.71. The van der Waals surface area contributed by atoms with Gasteiger partial charge in [-0.15, -0.1) is 11.8 Å². The van der Waals surface area contributed by atoms with E-state index in [-0.39, 0.29) is 12.0 Å². The molecule has 2 amide bonds. The van der Waals surface area contributed by atoms with Gasteiger partial charge in [-0.25, -0.2) is 9.18 Å². The Bertz CT molecular complexity index is 328. The maximum absolute atomic E-state index is 13.2. The van der Waals surface area contributed by atoms with Crippen molar-refractivity contribution in [3.05, 3.63) is 12.0 Å². The first kappa shape index (κ1) is 11.6. The van der Waals surface area contributed by atoms with E-state index in [1.165, 1.54) is 11.8 Å². The van der Waals surface area contributed by atoms with Gasteiger partial charge in [0.2, 0.25) is 0 Å². The molecule has 1 unspecified atom stereocenters. The van der Waals surface area contributed by atoms with Crippen molar-refractivity contribution >= 4 is 17.8 Å². The third-order valence-corrected chi connectivity index (χ3v) is 3.38. The maximum Gasteiger partial charge on any atom is 0.325 e. The van der Waals surface area contributed by atoms with Crippen LogP contribution in [0.5, 0.6) is 0 Å². The van der Waals surface area contributed by atoms with Crippen LogP contribution in [-0.2, 0) is 4.74 Å². The van der Waals surface area contributed by atoms with E-state index in [0.717, 1.165) is 11.1 Å². The van der Waals surface area contributed by atoms with Crippen LogP contribution in [0.2, 0.25) is 0 Å². The number of nitrogens with zero attached hydrogens (tertiary/aromatic N) is 1. The number of rotatable bonds is 2. The van der Waals surface area contributed by atoms with Crippen molar-refractivity contribution in [3.63, 3.8) is 0 Å². The Labute approximate surface area is 95.6 Å². The molecule has 2 rings (SSSR count). The van der Waals surface area contributed by atoms with Gasteiger partial charge in [-0.1, -0.05) is 0 Å². The van der Waals surface area contributed by atoms with E-state index in [1.807, 2.05) is 0 Å². The number of ether oxygens (including phenoxy) is 1. The number of thioether (sulfide) groups is 1. The summed E-state index contributed by atoms with van der Waals surface area (Å²) < 4.78 is 18.5. The van der Waals surface area contributed by atoms with Crippen LogP contribution >= 0.6 is 11.8 Å². The van der Waals surface area contributed by atoms with E-state index < -0.39 is 24.3 Å². The number of nitrogens with one attached hydrogen (secondary N) is 1. The molecule has 2 heterocycles. The predicted octanol–water partition coefficient (Wildman–Crippen LogP) is -0.485. The molecule has 0 aliphatic carbocycles. The third kappa shape index (κ3) is 2.14. The highest BCUT2D eigenvalue weighted by Gasteiger charge is 2.35.